The summed E-state index contributed by atoms with van der Waals surface area (Å²) in [6, 6.07) is 18.2. The SMILES string of the molecule is COCCNCc1ccc(-c2cc3nccc(Oc4ccc(NC(=S)NC(=O)Cc5ccc(F)cc5)cc4F)c3s2)c(F)c1. The van der Waals surface area contributed by atoms with Gasteiger partial charge >= 0.3 is 0 Å². The van der Waals surface area contributed by atoms with Crippen LogP contribution in [0.2, 0.25) is 0 Å². The van der Waals surface area contributed by atoms with Gasteiger partial charge in [-0.15, -0.1) is 11.3 Å². The zero-order valence-electron chi connectivity index (χ0n) is 23.5. The summed E-state index contributed by atoms with van der Waals surface area (Å²) in [5.74, 6) is -1.50. The molecule has 0 saturated carbocycles. The Bertz CT molecular complexity index is 1800. The van der Waals surface area contributed by atoms with E-state index in [0.29, 0.717) is 57.4 Å². The topological polar surface area (TPSA) is 84.5 Å². The molecule has 5 aromatic rings. The number of carbonyl (C=O) groups is 1. The Kier molecular flexibility index (Phi) is 10.2. The van der Waals surface area contributed by atoms with Crippen LogP contribution < -0.4 is 20.7 Å². The van der Waals surface area contributed by atoms with E-state index in [0.717, 1.165) is 5.56 Å². The van der Waals surface area contributed by atoms with Gasteiger partial charge in [0, 0.05) is 54.7 Å². The number of amides is 1. The van der Waals surface area contributed by atoms with Crippen molar-refractivity contribution in [2.45, 2.75) is 13.0 Å². The predicted octanol–water partition coefficient (Wildman–Crippen LogP) is 6.96. The van der Waals surface area contributed by atoms with Crippen molar-refractivity contribution >= 4 is 50.5 Å². The Morgan fingerprint density at radius 1 is 0.932 bits per heavy atom. The number of carbonyl (C=O) groups excluding carboxylic acids is 1. The van der Waals surface area contributed by atoms with Crippen molar-refractivity contribution in [3.63, 3.8) is 0 Å². The van der Waals surface area contributed by atoms with Crippen LogP contribution in [0, 0.1) is 17.5 Å². The summed E-state index contributed by atoms with van der Waals surface area (Å²) in [5, 5.41) is 8.46. The molecule has 0 radical (unpaired) electrons. The van der Waals surface area contributed by atoms with E-state index in [4.69, 9.17) is 21.7 Å². The quantitative estimate of drug-likeness (QED) is 0.107. The lowest BCUT2D eigenvalue weighted by atomic mass is 10.1. The van der Waals surface area contributed by atoms with Gasteiger partial charge in [0.05, 0.1) is 23.2 Å². The van der Waals surface area contributed by atoms with Crippen LogP contribution in [0.3, 0.4) is 0 Å². The molecule has 0 aliphatic carbocycles. The number of halogens is 3. The number of ether oxygens (including phenoxy) is 2. The van der Waals surface area contributed by atoms with Crippen LogP contribution in [0.4, 0.5) is 18.9 Å². The highest BCUT2D eigenvalue weighted by Gasteiger charge is 2.16. The highest BCUT2D eigenvalue weighted by molar-refractivity contribution is 7.80. The molecular weight excluding hydrogens is 610 g/mol. The first-order valence-electron chi connectivity index (χ1n) is 13.5. The molecule has 0 fully saturated rings. The van der Waals surface area contributed by atoms with E-state index in [1.807, 2.05) is 6.07 Å². The van der Waals surface area contributed by atoms with E-state index in [1.54, 1.807) is 37.6 Å². The van der Waals surface area contributed by atoms with Gasteiger partial charge in [-0.25, -0.2) is 13.2 Å². The van der Waals surface area contributed by atoms with Crippen molar-refractivity contribution < 1.29 is 27.4 Å². The van der Waals surface area contributed by atoms with Gasteiger partial charge in [0.25, 0.3) is 0 Å². The number of nitrogens with one attached hydrogen (secondary N) is 3. The number of anilines is 1. The maximum atomic E-state index is 15.1. The molecule has 0 aliphatic rings. The van der Waals surface area contributed by atoms with E-state index in [-0.39, 0.29) is 23.1 Å². The minimum Gasteiger partial charge on any atom is -0.453 e. The van der Waals surface area contributed by atoms with Crippen LogP contribution >= 0.6 is 23.6 Å². The molecule has 5 rings (SSSR count). The van der Waals surface area contributed by atoms with Gasteiger partial charge in [-0.3, -0.25) is 9.78 Å². The third-order valence-corrected chi connectivity index (χ3v) is 7.80. The Morgan fingerprint density at radius 3 is 2.48 bits per heavy atom. The summed E-state index contributed by atoms with van der Waals surface area (Å²) < 4.78 is 54.7. The monoisotopic (exact) mass is 636 g/mol. The van der Waals surface area contributed by atoms with Crippen molar-refractivity contribution in [3.8, 4) is 21.9 Å². The van der Waals surface area contributed by atoms with Crippen LogP contribution in [-0.2, 0) is 22.5 Å². The number of hydrogen-bond acceptors (Lipinski definition) is 7. The second kappa shape index (κ2) is 14.4. The lowest BCUT2D eigenvalue weighted by Gasteiger charge is -2.12. The number of thiophene rings is 1. The van der Waals surface area contributed by atoms with Gasteiger partial charge in [0.2, 0.25) is 5.91 Å². The highest BCUT2D eigenvalue weighted by atomic mass is 32.1. The van der Waals surface area contributed by atoms with E-state index < -0.39 is 17.5 Å². The summed E-state index contributed by atoms with van der Waals surface area (Å²) in [6.45, 7) is 1.75. The predicted molar refractivity (Wildman–Crippen MR) is 170 cm³/mol. The van der Waals surface area contributed by atoms with Crippen molar-refractivity contribution in [3.05, 3.63) is 108 Å². The molecule has 44 heavy (non-hydrogen) atoms. The van der Waals surface area contributed by atoms with Gasteiger partial charge in [-0.1, -0.05) is 24.3 Å². The maximum absolute atomic E-state index is 15.1. The molecule has 0 atom stereocenters. The van der Waals surface area contributed by atoms with Gasteiger partial charge in [-0.2, -0.15) is 0 Å². The van der Waals surface area contributed by atoms with E-state index in [1.165, 1.54) is 53.8 Å². The number of pyridine rings is 1. The lowest BCUT2D eigenvalue weighted by Crippen LogP contribution is -2.35. The molecule has 7 nitrogen and oxygen atoms in total. The molecule has 2 aromatic heterocycles. The van der Waals surface area contributed by atoms with Crippen molar-refractivity contribution in [2.75, 3.05) is 25.6 Å². The van der Waals surface area contributed by atoms with Gasteiger partial charge in [0.1, 0.15) is 17.4 Å². The number of aromatic nitrogens is 1. The molecule has 3 aromatic carbocycles. The molecular formula is C32H27F3N4O3S2. The zero-order valence-corrected chi connectivity index (χ0v) is 25.1. The number of methoxy groups -OCH3 is 1. The Labute approximate surface area is 261 Å². The van der Waals surface area contributed by atoms with Crippen molar-refractivity contribution in [1.29, 1.82) is 0 Å². The Balaban J connectivity index is 1.24. The van der Waals surface area contributed by atoms with Gasteiger partial charge < -0.3 is 25.4 Å². The second-order valence-electron chi connectivity index (χ2n) is 9.67. The van der Waals surface area contributed by atoms with Crippen LogP contribution in [0.25, 0.3) is 20.7 Å². The molecule has 1 amide bonds. The smallest absolute Gasteiger partial charge is 0.230 e. The maximum Gasteiger partial charge on any atom is 0.230 e. The first-order valence-corrected chi connectivity index (χ1v) is 14.7. The first kappa shape index (κ1) is 31.1. The molecule has 0 spiro atoms. The Morgan fingerprint density at radius 2 is 1.73 bits per heavy atom. The first-order chi connectivity index (χ1) is 21.3. The fourth-order valence-electron chi connectivity index (χ4n) is 4.30. The summed E-state index contributed by atoms with van der Waals surface area (Å²) in [7, 11) is 1.62. The van der Waals surface area contributed by atoms with Gasteiger partial charge in [-0.05, 0) is 59.7 Å². The summed E-state index contributed by atoms with van der Waals surface area (Å²) >= 11 is 6.47. The number of fused-ring (bicyclic) bond motifs is 1. The highest BCUT2D eigenvalue weighted by Crippen LogP contribution is 2.40. The lowest BCUT2D eigenvalue weighted by molar-refractivity contribution is -0.119. The van der Waals surface area contributed by atoms with Gasteiger partial charge in [0.15, 0.2) is 16.7 Å². The Hall–Kier alpha value is -4.36. The van der Waals surface area contributed by atoms with E-state index >= 15 is 8.78 Å². The molecule has 0 aliphatic heterocycles. The summed E-state index contributed by atoms with van der Waals surface area (Å²) in [5.41, 5.74) is 2.75. The zero-order chi connectivity index (χ0) is 31.1. The normalized spacial score (nSPS) is 11.0. The molecule has 0 saturated heterocycles. The van der Waals surface area contributed by atoms with Crippen LogP contribution in [0.5, 0.6) is 11.5 Å². The fourth-order valence-corrected chi connectivity index (χ4v) is 5.63. The molecule has 0 unspecified atom stereocenters. The second-order valence-corrected chi connectivity index (χ2v) is 11.1. The number of hydrogen-bond donors (Lipinski definition) is 3. The fraction of sp³-hybridized carbons (Fsp3) is 0.156. The molecule has 2 heterocycles. The number of nitrogens with zero attached hydrogens (tertiary/aromatic N) is 1. The molecule has 3 N–H and O–H groups in total. The van der Waals surface area contributed by atoms with Crippen molar-refractivity contribution in [2.24, 2.45) is 0 Å². The number of benzene rings is 3. The third kappa shape index (κ3) is 7.97. The third-order valence-electron chi connectivity index (χ3n) is 6.43. The van der Waals surface area contributed by atoms with Crippen LogP contribution in [0.15, 0.2) is 79.0 Å². The summed E-state index contributed by atoms with van der Waals surface area (Å²) in [4.78, 5) is 17.3. The number of thiocarbonyl (C=S) groups is 1. The van der Waals surface area contributed by atoms with Crippen LogP contribution in [-0.4, -0.2) is 36.3 Å². The molecule has 226 valence electrons. The van der Waals surface area contributed by atoms with E-state index in [2.05, 4.69) is 20.9 Å². The molecule has 0 bridgehead atoms. The average molecular weight is 637 g/mol. The standard InChI is InChI=1S/C32H27F3N4O3S2/c1-41-13-12-36-18-20-4-8-23(24(34)14-20)29-17-26-31(44-29)28(10-11-37-26)42-27-9-7-22(16-25(27)35)38-32(43)39-30(40)15-19-2-5-21(33)6-3-19/h2-11,14,16-17,36H,12-13,15,18H2,1H3,(H2,38,39,40,43). The largest absolute Gasteiger partial charge is 0.453 e. The minimum atomic E-state index is -0.669. The molecule has 12 heteroatoms. The van der Waals surface area contributed by atoms with Crippen molar-refractivity contribution in [1.82, 2.24) is 15.6 Å². The minimum absolute atomic E-state index is 0.00117. The summed E-state index contributed by atoms with van der Waals surface area (Å²) in [6.07, 6.45) is 1.54. The number of rotatable bonds is 11. The van der Waals surface area contributed by atoms with Crippen LogP contribution in [0.1, 0.15) is 11.1 Å². The van der Waals surface area contributed by atoms with E-state index in [9.17, 15) is 9.18 Å². The average Bonchev–Trinajstić information content (AvgIpc) is 3.43.